The first-order chi connectivity index (χ1) is 7.84. The molecule has 2 rings (SSSR count). The van der Waals surface area contributed by atoms with Crippen LogP contribution in [0.4, 0.5) is 0 Å². The van der Waals surface area contributed by atoms with Crippen molar-refractivity contribution in [1.29, 1.82) is 0 Å². The summed E-state index contributed by atoms with van der Waals surface area (Å²) < 4.78 is 11.9. The van der Waals surface area contributed by atoms with Crippen LogP contribution in [0.5, 0.6) is 0 Å². The van der Waals surface area contributed by atoms with Gasteiger partial charge in [0.1, 0.15) is 0 Å². The lowest BCUT2D eigenvalue weighted by molar-refractivity contribution is 0.427. The molecular weight excluding hydrogens is 220 g/mol. The lowest BCUT2D eigenvalue weighted by atomic mass is 10.1. The Morgan fingerprint density at radius 2 is 2.19 bits per heavy atom. The van der Waals surface area contributed by atoms with Gasteiger partial charge in [-0.3, -0.25) is 9.19 Å². The van der Waals surface area contributed by atoms with Gasteiger partial charge in [-0.2, -0.15) is 0 Å². The van der Waals surface area contributed by atoms with Crippen LogP contribution in [0, 0.1) is 0 Å². The molecule has 1 aliphatic heterocycles. The molecule has 88 valence electrons. The molecule has 1 N–H and O–H groups in total. The molecule has 2 heterocycles. The second-order valence-electron chi connectivity index (χ2n) is 4.25. The second-order valence-corrected chi connectivity index (χ2v) is 5.75. The van der Waals surface area contributed by atoms with Crippen molar-refractivity contribution in [2.24, 2.45) is 0 Å². The molecule has 2 atom stereocenters. The van der Waals surface area contributed by atoms with Gasteiger partial charge in [-0.25, -0.2) is 0 Å². The summed E-state index contributed by atoms with van der Waals surface area (Å²) >= 11 is 0. The molecule has 0 amide bonds. The van der Waals surface area contributed by atoms with Crippen LogP contribution in [-0.4, -0.2) is 27.5 Å². The highest BCUT2D eigenvalue weighted by Gasteiger charge is 2.15. The van der Waals surface area contributed by atoms with E-state index < -0.39 is 10.8 Å². The molecule has 16 heavy (non-hydrogen) atoms. The third kappa shape index (κ3) is 3.68. The van der Waals surface area contributed by atoms with Crippen LogP contribution in [0.15, 0.2) is 24.5 Å². The fourth-order valence-electron chi connectivity index (χ4n) is 2.01. The molecule has 4 heteroatoms. The van der Waals surface area contributed by atoms with Crippen molar-refractivity contribution < 1.29 is 4.21 Å². The zero-order valence-corrected chi connectivity index (χ0v) is 10.2. The molecule has 1 fully saturated rings. The summed E-state index contributed by atoms with van der Waals surface area (Å²) in [4.78, 5) is 3.96. The summed E-state index contributed by atoms with van der Waals surface area (Å²) in [6, 6.07) is 4.33. The molecule has 3 nitrogen and oxygen atoms in total. The molecule has 1 saturated heterocycles. The van der Waals surface area contributed by atoms with Gasteiger partial charge in [-0.05, 0) is 37.1 Å². The third-order valence-corrected chi connectivity index (χ3v) is 4.31. The lowest BCUT2D eigenvalue weighted by Crippen LogP contribution is -2.38. The van der Waals surface area contributed by atoms with E-state index in [0.29, 0.717) is 11.8 Å². The number of aromatic nitrogens is 1. The van der Waals surface area contributed by atoms with Crippen molar-refractivity contribution in [3.63, 3.8) is 0 Å². The Bertz CT molecular complexity index is 336. The number of piperidine rings is 1. The van der Waals surface area contributed by atoms with Gasteiger partial charge in [0.25, 0.3) is 0 Å². The first-order valence-electron chi connectivity index (χ1n) is 5.82. The van der Waals surface area contributed by atoms with E-state index in [1.165, 1.54) is 19.3 Å². The predicted molar refractivity (Wildman–Crippen MR) is 66.6 cm³/mol. The van der Waals surface area contributed by atoms with Crippen LogP contribution in [0.3, 0.4) is 0 Å². The maximum atomic E-state index is 11.9. The van der Waals surface area contributed by atoms with Gasteiger partial charge in [-0.1, -0.05) is 6.42 Å². The molecular formula is C12H18N2OS. The van der Waals surface area contributed by atoms with E-state index in [9.17, 15) is 4.21 Å². The number of hydrogen-bond acceptors (Lipinski definition) is 3. The first-order valence-corrected chi connectivity index (χ1v) is 7.30. The van der Waals surface area contributed by atoms with Crippen LogP contribution in [0.25, 0.3) is 0 Å². The third-order valence-electron chi connectivity index (χ3n) is 2.88. The quantitative estimate of drug-likeness (QED) is 0.864. The molecule has 0 spiro atoms. The Labute approximate surface area is 99.1 Å². The van der Waals surface area contributed by atoms with E-state index in [1.807, 2.05) is 12.1 Å². The molecule has 0 aromatic carbocycles. The standard InChI is InChI=1S/C12H18N2OS/c15-16(9-11-4-7-13-8-5-11)10-12-3-1-2-6-14-12/h4-5,7-8,12,14H,1-3,6,9-10H2/t12-,16+/m0/s1. The minimum absolute atomic E-state index is 0.455. The molecule has 1 aromatic heterocycles. The van der Waals surface area contributed by atoms with Crippen LogP contribution in [0.2, 0.25) is 0 Å². The van der Waals surface area contributed by atoms with E-state index in [4.69, 9.17) is 0 Å². The highest BCUT2D eigenvalue weighted by atomic mass is 32.2. The predicted octanol–water partition coefficient (Wildman–Crippen LogP) is 1.47. The Morgan fingerprint density at radius 1 is 1.38 bits per heavy atom. The Morgan fingerprint density at radius 3 is 2.88 bits per heavy atom. The van der Waals surface area contributed by atoms with Crippen molar-refractivity contribution in [2.45, 2.75) is 31.1 Å². The monoisotopic (exact) mass is 238 g/mol. The minimum atomic E-state index is -0.759. The number of nitrogens with zero attached hydrogens (tertiary/aromatic N) is 1. The molecule has 0 radical (unpaired) electrons. The fraction of sp³-hybridized carbons (Fsp3) is 0.583. The first kappa shape index (κ1) is 11.7. The van der Waals surface area contributed by atoms with Gasteiger partial charge in [0.05, 0.1) is 0 Å². The van der Waals surface area contributed by atoms with Gasteiger partial charge >= 0.3 is 0 Å². The summed E-state index contributed by atoms with van der Waals surface area (Å²) in [5.74, 6) is 1.43. The summed E-state index contributed by atoms with van der Waals surface area (Å²) in [6.07, 6.45) is 7.20. The Balaban J connectivity index is 1.80. The van der Waals surface area contributed by atoms with Crippen molar-refractivity contribution in [3.8, 4) is 0 Å². The fourth-order valence-corrected chi connectivity index (χ4v) is 3.43. The van der Waals surface area contributed by atoms with Crippen molar-refractivity contribution in [2.75, 3.05) is 12.3 Å². The summed E-state index contributed by atoms with van der Waals surface area (Å²) in [7, 11) is -0.759. The van der Waals surface area contributed by atoms with Crippen LogP contribution in [0.1, 0.15) is 24.8 Å². The van der Waals surface area contributed by atoms with Crippen LogP contribution < -0.4 is 5.32 Å². The average Bonchev–Trinajstić information content (AvgIpc) is 2.31. The SMILES string of the molecule is O=[S@](Cc1ccncc1)C[C@@H]1CCCCN1. The summed E-state index contributed by atoms with van der Waals surface area (Å²) in [6.45, 7) is 1.08. The number of pyridine rings is 1. The van der Waals surface area contributed by atoms with Gasteiger partial charge < -0.3 is 5.32 Å². The molecule has 0 bridgehead atoms. The molecule has 1 aromatic rings. The smallest absolute Gasteiger partial charge is 0.0487 e. The number of nitrogens with one attached hydrogen (secondary N) is 1. The van der Waals surface area contributed by atoms with Crippen molar-refractivity contribution >= 4 is 10.8 Å². The van der Waals surface area contributed by atoms with E-state index in [1.54, 1.807) is 12.4 Å². The summed E-state index contributed by atoms with van der Waals surface area (Å²) in [5, 5.41) is 3.43. The average molecular weight is 238 g/mol. The summed E-state index contributed by atoms with van der Waals surface area (Å²) in [5.41, 5.74) is 1.11. The molecule has 0 unspecified atom stereocenters. The number of hydrogen-bond donors (Lipinski definition) is 1. The highest BCUT2D eigenvalue weighted by Crippen LogP contribution is 2.10. The van der Waals surface area contributed by atoms with Gasteiger partial charge in [-0.15, -0.1) is 0 Å². The maximum absolute atomic E-state index is 11.9. The molecule has 0 saturated carbocycles. The zero-order valence-electron chi connectivity index (χ0n) is 9.39. The van der Waals surface area contributed by atoms with Crippen molar-refractivity contribution in [1.82, 2.24) is 10.3 Å². The van der Waals surface area contributed by atoms with E-state index in [-0.39, 0.29) is 0 Å². The Kier molecular flexibility index (Phi) is 4.48. The van der Waals surface area contributed by atoms with Crippen LogP contribution in [-0.2, 0) is 16.6 Å². The second kappa shape index (κ2) is 6.11. The zero-order chi connectivity index (χ0) is 11.2. The van der Waals surface area contributed by atoms with Gasteiger partial charge in [0.2, 0.25) is 0 Å². The van der Waals surface area contributed by atoms with Crippen LogP contribution >= 0.6 is 0 Å². The van der Waals surface area contributed by atoms with E-state index in [0.717, 1.165) is 17.9 Å². The lowest BCUT2D eigenvalue weighted by Gasteiger charge is -2.22. The highest BCUT2D eigenvalue weighted by molar-refractivity contribution is 7.84. The van der Waals surface area contributed by atoms with E-state index >= 15 is 0 Å². The van der Waals surface area contributed by atoms with Crippen molar-refractivity contribution in [3.05, 3.63) is 30.1 Å². The normalized spacial score (nSPS) is 22.9. The van der Waals surface area contributed by atoms with Gasteiger partial charge in [0, 0.05) is 40.7 Å². The minimum Gasteiger partial charge on any atom is -0.313 e. The van der Waals surface area contributed by atoms with Gasteiger partial charge in [0.15, 0.2) is 0 Å². The number of rotatable bonds is 4. The largest absolute Gasteiger partial charge is 0.313 e. The van der Waals surface area contributed by atoms with E-state index in [2.05, 4.69) is 10.3 Å². The molecule has 1 aliphatic rings. The topological polar surface area (TPSA) is 42.0 Å². The molecule has 0 aliphatic carbocycles. The maximum Gasteiger partial charge on any atom is 0.0487 e. The Hall–Kier alpha value is -0.740.